The first-order chi connectivity index (χ1) is 13.1. The Labute approximate surface area is 164 Å². The van der Waals surface area contributed by atoms with Gasteiger partial charge in [0, 0.05) is 34.3 Å². The van der Waals surface area contributed by atoms with Gasteiger partial charge in [-0.25, -0.2) is 14.6 Å². The number of nitrogens with one attached hydrogen (secondary N) is 1. The van der Waals surface area contributed by atoms with Crippen LogP contribution in [0.25, 0.3) is 22.8 Å². The second-order valence-corrected chi connectivity index (χ2v) is 6.95. The van der Waals surface area contributed by atoms with E-state index in [4.69, 9.17) is 11.6 Å². The molecule has 27 heavy (non-hydrogen) atoms. The maximum Gasteiger partial charge on any atom is 0.275 e. The van der Waals surface area contributed by atoms with Crippen LogP contribution in [0.1, 0.15) is 10.5 Å². The lowest BCUT2D eigenvalue weighted by Gasteiger charge is -2.03. The van der Waals surface area contributed by atoms with Crippen molar-refractivity contribution in [1.82, 2.24) is 19.7 Å². The number of carbonyl (C=O) groups excluding carboxylic acids is 1. The molecule has 6 nitrogen and oxygen atoms in total. The molecule has 0 saturated carbocycles. The van der Waals surface area contributed by atoms with E-state index >= 15 is 0 Å². The van der Waals surface area contributed by atoms with E-state index in [1.165, 1.54) is 11.3 Å². The number of aryl methyl sites for hydroxylation is 1. The van der Waals surface area contributed by atoms with Crippen molar-refractivity contribution >= 4 is 34.5 Å². The predicted octanol–water partition coefficient (Wildman–Crippen LogP) is 4.51. The summed E-state index contributed by atoms with van der Waals surface area (Å²) in [5, 5.41) is 9.66. The van der Waals surface area contributed by atoms with Crippen LogP contribution in [0.2, 0.25) is 5.02 Å². The van der Waals surface area contributed by atoms with Crippen LogP contribution in [-0.4, -0.2) is 25.7 Å². The Bertz CT molecular complexity index is 1090. The van der Waals surface area contributed by atoms with Crippen molar-refractivity contribution < 1.29 is 4.79 Å². The highest BCUT2D eigenvalue weighted by molar-refractivity contribution is 7.07. The number of hydrogen-bond acceptors (Lipinski definition) is 5. The summed E-state index contributed by atoms with van der Waals surface area (Å²) in [6.45, 7) is 0. The quantitative estimate of drug-likeness (QED) is 0.551. The Morgan fingerprint density at radius 3 is 2.67 bits per heavy atom. The fraction of sp³-hybridized carbons (Fsp3) is 0.0526. The van der Waals surface area contributed by atoms with Gasteiger partial charge in [0.25, 0.3) is 5.91 Å². The lowest BCUT2D eigenvalue weighted by atomic mass is 10.2. The summed E-state index contributed by atoms with van der Waals surface area (Å²) in [4.78, 5) is 20.7. The molecule has 0 aliphatic rings. The molecule has 1 N–H and O–H groups in total. The van der Waals surface area contributed by atoms with Gasteiger partial charge in [0.05, 0.1) is 5.51 Å². The summed E-state index contributed by atoms with van der Waals surface area (Å²) >= 11 is 7.45. The number of rotatable bonds is 4. The van der Waals surface area contributed by atoms with Crippen molar-refractivity contribution in [3.8, 4) is 22.8 Å². The molecular formula is C19H14ClN5OS. The Hall–Kier alpha value is -3.03. The number of benzene rings is 2. The Balaban J connectivity index is 1.56. The Kier molecular flexibility index (Phi) is 4.70. The molecule has 0 spiro atoms. The van der Waals surface area contributed by atoms with Gasteiger partial charge in [-0.05, 0) is 36.4 Å². The first kappa shape index (κ1) is 17.4. The first-order valence-electron chi connectivity index (χ1n) is 8.07. The standard InChI is InChI=1S/C19H14ClN5OS/c1-25-18(13-3-2-4-14(20)9-13)23-17(24-25)12-5-7-15(8-6-12)22-19(26)16-10-27-11-21-16/h2-11H,1H3,(H,22,26). The van der Waals surface area contributed by atoms with Crippen molar-refractivity contribution in [2.45, 2.75) is 0 Å². The normalized spacial score (nSPS) is 10.7. The molecule has 8 heteroatoms. The molecule has 0 aliphatic carbocycles. The van der Waals surface area contributed by atoms with Crippen LogP contribution in [0, 0.1) is 0 Å². The molecule has 2 heterocycles. The van der Waals surface area contributed by atoms with Crippen LogP contribution >= 0.6 is 22.9 Å². The summed E-state index contributed by atoms with van der Waals surface area (Å²) in [7, 11) is 1.84. The highest BCUT2D eigenvalue weighted by Crippen LogP contribution is 2.25. The number of anilines is 1. The third-order valence-corrected chi connectivity index (χ3v) is 4.73. The lowest BCUT2D eigenvalue weighted by molar-refractivity contribution is 0.102. The minimum atomic E-state index is -0.233. The molecule has 0 unspecified atom stereocenters. The topological polar surface area (TPSA) is 72.7 Å². The zero-order valence-electron chi connectivity index (χ0n) is 14.3. The molecule has 2 aromatic heterocycles. The summed E-state index contributed by atoms with van der Waals surface area (Å²) in [6.07, 6.45) is 0. The highest BCUT2D eigenvalue weighted by Gasteiger charge is 2.12. The molecule has 0 aliphatic heterocycles. The summed E-state index contributed by atoms with van der Waals surface area (Å²) in [5.74, 6) is 1.10. The number of thiazole rings is 1. The van der Waals surface area contributed by atoms with Gasteiger partial charge in [0.2, 0.25) is 0 Å². The molecule has 0 bridgehead atoms. The van der Waals surface area contributed by atoms with Gasteiger partial charge in [-0.2, -0.15) is 5.10 Å². The second kappa shape index (κ2) is 7.30. The molecule has 4 rings (SSSR count). The number of halogens is 1. The maximum absolute atomic E-state index is 12.1. The monoisotopic (exact) mass is 395 g/mol. The van der Waals surface area contributed by atoms with E-state index in [9.17, 15) is 4.79 Å². The smallest absolute Gasteiger partial charge is 0.275 e. The zero-order chi connectivity index (χ0) is 18.8. The minimum absolute atomic E-state index is 0.233. The van der Waals surface area contributed by atoms with Crippen molar-refractivity contribution in [2.24, 2.45) is 7.05 Å². The molecular weight excluding hydrogens is 382 g/mol. The van der Waals surface area contributed by atoms with E-state index in [-0.39, 0.29) is 5.91 Å². The summed E-state index contributed by atoms with van der Waals surface area (Å²) in [5.41, 5.74) is 4.47. The van der Waals surface area contributed by atoms with E-state index in [0.29, 0.717) is 22.2 Å². The second-order valence-electron chi connectivity index (χ2n) is 5.80. The number of carbonyl (C=O) groups is 1. The molecule has 134 valence electrons. The van der Waals surface area contributed by atoms with E-state index in [0.717, 1.165) is 17.0 Å². The number of hydrogen-bond donors (Lipinski definition) is 1. The van der Waals surface area contributed by atoms with E-state index in [1.54, 1.807) is 15.6 Å². The van der Waals surface area contributed by atoms with Crippen LogP contribution < -0.4 is 5.32 Å². The average Bonchev–Trinajstić information content (AvgIpc) is 3.32. The van der Waals surface area contributed by atoms with Gasteiger partial charge < -0.3 is 5.32 Å². The third-order valence-electron chi connectivity index (χ3n) is 3.91. The molecule has 1 amide bonds. The van der Waals surface area contributed by atoms with Gasteiger partial charge in [0.15, 0.2) is 11.6 Å². The third kappa shape index (κ3) is 3.74. The van der Waals surface area contributed by atoms with Crippen molar-refractivity contribution in [3.05, 3.63) is 70.1 Å². The van der Waals surface area contributed by atoms with E-state index < -0.39 is 0 Å². The lowest BCUT2D eigenvalue weighted by Crippen LogP contribution is -2.11. The molecule has 0 atom stereocenters. The minimum Gasteiger partial charge on any atom is -0.321 e. The SMILES string of the molecule is Cn1nc(-c2ccc(NC(=O)c3cscn3)cc2)nc1-c1cccc(Cl)c1. The van der Waals surface area contributed by atoms with Gasteiger partial charge in [-0.15, -0.1) is 11.3 Å². The molecule has 0 radical (unpaired) electrons. The maximum atomic E-state index is 12.1. The molecule has 0 saturated heterocycles. The van der Waals surface area contributed by atoms with Crippen LogP contribution in [0.5, 0.6) is 0 Å². The molecule has 2 aromatic carbocycles. The fourth-order valence-corrected chi connectivity index (χ4v) is 3.33. The first-order valence-corrected chi connectivity index (χ1v) is 9.39. The van der Waals surface area contributed by atoms with Gasteiger partial charge in [0.1, 0.15) is 5.69 Å². The number of nitrogens with zero attached hydrogens (tertiary/aromatic N) is 4. The fourth-order valence-electron chi connectivity index (χ4n) is 2.61. The van der Waals surface area contributed by atoms with Crippen LogP contribution in [-0.2, 0) is 7.05 Å². The van der Waals surface area contributed by atoms with Gasteiger partial charge in [-0.3, -0.25) is 4.79 Å². The van der Waals surface area contributed by atoms with E-state index in [1.807, 2.05) is 55.6 Å². The van der Waals surface area contributed by atoms with Crippen molar-refractivity contribution in [1.29, 1.82) is 0 Å². The summed E-state index contributed by atoms with van der Waals surface area (Å²) in [6, 6.07) is 14.9. The van der Waals surface area contributed by atoms with Crippen molar-refractivity contribution in [3.63, 3.8) is 0 Å². The van der Waals surface area contributed by atoms with Crippen molar-refractivity contribution in [2.75, 3.05) is 5.32 Å². The Morgan fingerprint density at radius 1 is 1.15 bits per heavy atom. The largest absolute Gasteiger partial charge is 0.321 e. The van der Waals surface area contributed by atoms with Gasteiger partial charge >= 0.3 is 0 Å². The molecule has 4 aromatic rings. The average molecular weight is 396 g/mol. The van der Waals surface area contributed by atoms with Crippen LogP contribution in [0.3, 0.4) is 0 Å². The highest BCUT2D eigenvalue weighted by atomic mass is 35.5. The zero-order valence-corrected chi connectivity index (χ0v) is 15.8. The number of aromatic nitrogens is 4. The predicted molar refractivity (Wildman–Crippen MR) is 107 cm³/mol. The van der Waals surface area contributed by atoms with E-state index in [2.05, 4.69) is 20.4 Å². The Morgan fingerprint density at radius 2 is 1.96 bits per heavy atom. The molecule has 0 fully saturated rings. The van der Waals surface area contributed by atoms with Gasteiger partial charge in [-0.1, -0.05) is 23.7 Å². The van der Waals surface area contributed by atoms with Crippen LogP contribution in [0.4, 0.5) is 5.69 Å². The number of amides is 1. The summed E-state index contributed by atoms with van der Waals surface area (Å²) < 4.78 is 1.72. The van der Waals surface area contributed by atoms with Crippen LogP contribution in [0.15, 0.2) is 59.4 Å².